The topological polar surface area (TPSA) is 0 Å². The average molecular weight is 388 g/mol. The van der Waals surface area contributed by atoms with Gasteiger partial charge < -0.3 is 0 Å². The van der Waals surface area contributed by atoms with Crippen molar-refractivity contribution in [3.8, 4) is 0 Å². The summed E-state index contributed by atoms with van der Waals surface area (Å²) in [6, 6.07) is 21.6. The van der Waals surface area contributed by atoms with E-state index >= 15 is 0 Å². The van der Waals surface area contributed by atoms with Gasteiger partial charge in [0.15, 0.2) is 14.7 Å². The molecule has 2 aromatic rings. The molecule has 0 aliphatic heterocycles. The molecule has 2 aromatic carbocycles. The summed E-state index contributed by atoms with van der Waals surface area (Å²) in [7, 11) is -0.0339. The molecule has 0 aromatic heterocycles. The molecule has 2 aliphatic carbocycles. The van der Waals surface area contributed by atoms with E-state index in [2.05, 4.69) is 109 Å². The third-order valence-corrected chi connectivity index (χ3v) is 7.96. The second kappa shape index (κ2) is 9.16. The third-order valence-electron chi connectivity index (χ3n) is 4.47. The van der Waals surface area contributed by atoms with E-state index in [4.69, 9.17) is 0 Å². The van der Waals surface area contributed by atoms with Crippen LogP contribution in [-0.4, -0.2) is 5.25 Å². The molecule has 0 saturated heterocycles. The minimum atomic E-state index is -0.0339. The van der Waals surface area contributed by atoms with Crippen LogP contribution in [0.3, 0.4) is 0 Å². The smallest absolute Gasteiger partial charge is 0.118 e. The molecule has 0 N–H and O–H groups in total. The number of hydrogen-bond acceptors (Lipinski definition) is 1. The molecular weight excluding hydrogens is 364 g/mol. The van der Waals surface area contributed by atoms with Gasteiger partial charge in [-0.05, 0) is 61.4 Å². The first-order valence-electron chi connectivity index (χ1n) is 9.33. The van der Waals surface area contributed by atoms with Crippen LogP contribution in [0, 0.1) is 0 Å². The molecule has 0 heterocycles. The molecule has 0 amide bonds. The van der Waals surface area contributed by atoms with Crippen LogP contribution in [0.25, 0.3) is 0 Å². The Kier molecular flexibility index (Phi) is 6.18. The lowest BCUT2D eigenvalue weighted by molar-refractivity contribution is 1.05. The first kappa shape index (κ1) is 18.2. The molecule has 2 atom stereocenters. The zero-order chi connectivity index (χ0) is 18.3. The largest absolute Gasteiger partial charge is 0.166 e. The Morgan fingerprint density at radius 2 is 1.52 bits per heavy atom. The van der Waals surface area contributed by atoms with Gasteiger partial charge in [-0.3, -0.25) is 0 Å². The molecule has 2 unspecified atom stereocenters. The van der Waals surface area contributed by atoms with E-state index in [0.29, 0.717) is 5.25 Å². The molecule has 134 valence electrons. The lowest BCUT2D eigenvalue weighted by Gasteiger charge is -2.16. The first-order valence-corrected chi connectivity index (χ1v) is 11.4. The molecule has 0 saturated carbocycles. The van der Waals surface area contributed by atoms with Gasteiger partial charge >= 0.3 is 0 Å². The maximum absolute atomic E-state index is 2.45. The van der Waals surface area contributed by atoms with E-state index in [1.807, 2.05) is 11.8 Å². The molecule has 0 spiro atoms. The lowest BCUT2D eigenvalue weighted by Crippen LogP contribution is -2.11. The minimum Gasteiger partial charge on any atom is -0.118 e. The fourth-order valence-electron chi connectivity index (χ4n) is 3.17. The van der Waals surface area contributed by atoms with Crippen molar-refractivity contribution in [1.82, 2.24) is 0 Å². The van der Waals surface area contributed by atoms with Crippen molar-refractivity contribution in [2.24, 2.45) is 0 Å². The fraction of sp³-hybridized carbons (Fsp3) is 0.120. The second-order valence-electron chi connectivity index (χ2n) is 6.42. The summed E-state index contributed by atoms with van der Waals surface area (Å²) in [5, 5.41) is 0.512. The number of thioether (sulfide) groups is 1. The molecule has 4 rings (SSSR count). The van der Waals surface area contributed by atoms with Gasteiger partial charge in [-0.1, -0.05) is 60.7 Å². The van der Waals surface area contributed by atoms with Gasteiger partial charge in [0.2, 0.25) is 0 Å². The van der Waals surface area contributed by atoms with Gasteiger partial charge in [0.05, 0.1) is 10.9 Å². The van der Waals surface area contributed by atoms with E-state index in [1.165, 1.54) is 19.6 Å². The van der Waals surface area contributed by atoms with Crippen molar-refractivity contribution in [1.29, 1.82) is 0 Å². The van der Waals surface area contributed by atoms with Crippen LogP contribution in [0.2, 0.25) is 0 Å². The Morgan fingerprint density at radius 1 is 0.778 bits per heavy atom. The van der Waals surface area contributed by atoms with Crippen molar-refractivity contribution < 1.29 is 0 Å². The van der Waals surface area contributed by atoms with Crippen molar-refractivity contribution in [3.05, 3.63) is 119 Å². The van der Waals surface area contributed by atoms with Crippen LogP contribution >= 0.6 is 11.8 Å². The Morgan fingerprint density at radius 3 is 2.26 bits per heavy atom. The Balaban J connectivity index is 1.56. The third kappa shape index (κ3) is 4.77. The normalized spacial score (nSPS) is 19.9. The van der Waals surface area contributed by atoms with Crippen LogP contribution in [0.1, 0.15) is 12.8 Å². The maximum Gasteiger partial charge on any atom is 0.166 e. The molecule has 0 bridgehead atoms. The summed E-state index contributed by atoms with van der Waals surface area (Å²) < 4.78 is 0. The number of benzene rings is 2. The van der Waals surface area contributed by atoms with Crippen LogP contribution < -0.4 is 0 Å². The quantitative estimate of drug-likeness (QED) is 0.494. The van der Waals surface area contributed by atoms with Crippen molar-refractivity contribution in [2.45, 2.75) is 27.9 Å². The SMILES string of the molecule is C1=CCC=C([S+](C2=CCC(Sc3ccccc3)C=C2)c2ccccc2)C=C1. The zero-order valence-electron chi connectivity index (χ0n) is 15.2. The molecule has 2 aliphatic rings. The minimum absolute atomic E-state index is 0.0339. The zero-order valence-corrected chi connectivity index (χ0v) is 16.8. The fourth-order valence-corrected chi connectivity index (χ4v) is 6.38. The predicted molar refractivity (Wildman–Crippen MR) is 121 cm³/mol. The van der Waals surface area contributed by atoms with E-state index < -0.39 is 0 Å². The standard InChI is InChI=1S/C25H23S2/c1-2-8-14-23(13-7-1)27(24-15-9-4-10-16-24)25-19-17-22(18-20-25)26-21-11-5-3-6-12-21/h1-7,9-17,19-20,22H,8,18H2/q+1. The summed E-state index contributed by atoms with van der Waals surface area (Å²) >= 11 is 1.95. The number of hydrogen-bond donors (Lipinski definition) is 0. The monoisotopic (exact) mass is 387 g/mol. The van der Waals surface area contributed by atoms with Crippen LogP contribution in [0.15, 0.2) is 129 Å². The highest BCUT2D eigenvalue weighted by molar-refractivity contribution is 8.04. The second-order valence-corrected chi connectivity index (χ2v) is 9.76. The number of rotatable bonds is 5. The highest BCUT2D eigenvalue weighted by Gasteiger charge is 2.32. The van der Waals surface area contributed by atoms with Gasteiger partial charge in [0.1, 0.15) is 0 Å². The Bertz CT molecular complexity index is 902. The Hall–Kier alpha value is -2.16. The van der Waals surface area contributed by atoms with Crippen molar-refractivity contribution in [3.63, 3.8) is 0 Å². The van der Waals surface area contributed by atoms with Crippen LogP contribution in [0.4, 0.5) is 0 Å². The summed E-state index contributed by atoms with van der Waals surface area (Å²) in [6.45, 7) is 0. The van der Waals surface area contributed by atoms with Gasteiger partial charge in [-0.25, -0.2) is 0 Å². The predicted octanol–water partition coefficient (Wildman–Crippen LogP) is 7.07. The van der Waals surface area contributed by atoms with Gasteiger partial charge in [-0.2, -0.15) is 0 Å². The molecule has 27 heavy (non-hydrogen) atoms. The number of allylic oxidation sites excluding steroid dienone is 7. The molecule has 0 radical (unpaired) electrons. The van der Waals surface area contributed by atoms with E-state index in [0.717, 1.165) is 12.8 Å². The molecular formula is C25H23S2+. The summed E-state index contributed by atoms with van der Waals surface area (Å²) in [5.74, 6) is 0. The van der Waals surface area contributed by atoms with E-state index in [9.17, 15) is 0 Å². The Labute approximate surface area is 169 Å². The highest BCUT2D eigenvalue weighted by atomic mass is 32.2. The average Bonchev–Trinajstić information content (AvgIpc) is 3.01. The summed E-state index contributed by atoms with van der Waals surface area (Å²) in [6.07, 6.45) is 20.4. The van der Waals surface area contributed by atoms with E-state index in [1.54, 1.807) is 0 Å². The molecule has 0 fully saturated rings. The van der Waals surface area contributed by atoms with Gasteiger partial charge in [0, 0.05) is 10.1 Å². The first-order chi connectivity index (χ1) is 13.4. The van der Waals surface area contributed by atoms with Crippen molar-refractivity contribution >= 4 is 22.7 Å². The molecule has 0 nitrogen and oxygen atoms in total. The van der Waals surface area contributed by atoms with Crippen molar-refractivity contribution in [2.75, 3.05) is 0 Å². The molecule has 2 heteroatoms. The van der Waals surface area contributed by atoms with Gasteiger partial charge in [-0.15, -0.1) is 11.8 Å². The van der Waals surface area contributed by atoms with Crippen LogP contribution in [0.5, 0.6) is 0 Å². The van der Waals surface area contributed by atoms with E-state index in [-0.39, 0.29) is 10.9 Å². The van der Waals surface area contributed by atoms with Gasteiger partial charge in [0.25, 0.3) is 0 Å². The lowest BCUT2D eigenvalue weighted by atomic mass is 10.2. The maximum atomic E-state index is 2.45. The van der Waals surface area contributed by atoms with Crippen LogP contribution in [-0.2, 0) is 10.9 Å². The highest BCUT2D eigenvalue weighted by Crippen LogP contribution is 2.36. The summed E-state index contributed by atoms with van der Waals surface area (Å²) in [4.78, 5) is 5.58. The summed E-state index contributed by atoms with van der Waals surface area (Å²) in [5.41, 5.74) is 0.